The fourth-order valence-corrected chi connectivity index (χ4v) is 4.99. The SMILES string of the molecule is COc1ccccc1[C@@H]1[C@@H]2C(=O)N(c3ccc(Cl)c(F)c3)C(=O)[C@H]2N2CCCN12. The number of anilines is 1. The summed E-state index contributed by atoms with van der Waals surface area (Å²) in [5.74, 6) is -1.22. The maximum absolute atomic E-state index is 14.0. The van der Waals surface area contributed by atoms with Gasteiger partial charge < -0.3 is 4.74 Å². The van der Waals surface area contributed by atoms with Crippen LogP contribution in [0.2, 0.25) is 5.02 Å². The summed E-state index contributed by atoms with van der Waals surface area (Å²) in [6.07, 6.45) is 0.909. The number of rotatable bonds is 3. The van der Waals surface area contributed by atoms with Gasteiger partial charge in [0.1, 0.15) is 17.6 Å². The Morgan fingerprint density at radius 1 is 1.03 bits per heavy atom. The minimum Gasteiger partial charge on any atom is -0.496 e. The first-order valence-electron chi connectivity index (χ1n) is 9.52. The van der Waals surface area contributed by atoms with Crippen molar-refractivity contribution in [1.29, 1.82) is 0 Å². The molecule has 0 bridgehead atoms. The molecule has 3 aliphatic rings. The zero-order chi connectivity index (χ0) is 20.3. The molecule has 0 saturated carbocycles. The molecule has 150 valence electrons. The molecule has 29 heavy (non-hydrogen) atoms. The molecule has 0 unspecified atom stereocenters. The largest absolute Gasteiger partial charge is 0.496 e. The molecule has 0 aromatic heterocycles. The molecule has 3 atom stereocenters. The monoisotopic (exact) mass is 415 g/mol. The van der Waals surface area contributed by atoms with Crippen molar-refractivity contribution >= 4 is 29.1 Å². The van der Waals surface area contributed by atoms with Gasteiger partial charge in [0.05, 0.1) is 29.8 Å². The smallest absolute Gasteiger partial charge is 0.253 e. The minimum absolute atomic E-state index is 0.0503. The summed E-state index contributed by atoms with van der Waals surface area (Å²) >= 11 is 5.77. The molecule has 0 N–H and O–H groups in total. The highest BCUT2D eigenvalue weighted by Crippen LogP contribution is 2.50. The number of halogens is 2. The van der Waals surface area contributed by atoms with Crippen LogP contribution < -0.4 is 9.64 Å². The molecular formula is C21H19ClFN3O3. The van der Waals surface area contributed by atoms with Crippen LogP contribution in [0.25, 0.3) is 0 Å². The first-order chi connectivity index (χ1) is 14.0. The van der Waals surface area contributed by atoms with Crippen molar-refractivity contribution in [2.24, 2.45) is 5.92 Å². The van der Waals surface area contributed by atoms with Crippen molar-refractivity contribution in [2.75, 3.05) is 25.1 Å². The number of hydrogen-bond acceptors (Lipinski definition) is 5. The van der Waals surface area contributed by atoms with Gasteiger partial charge in [-0.1, -0.05) is 29.8 Å². The maximum Gasteiger partial charge on any atom is 0.253 e. The highest BCUT2D eigenvalue weighted by molar-refractivity contribution is 6.31. The number of fused-ring (bicyclic) bond motifs is 3. The number of carbonyl (C=O) groups excluding carboxylic acids is 2. The number of imide groups is 1. The van der Waals surface area contributed by atoms with Crippen molar-refractivity contribution in [3.63, 3.8) is 0 Å². The van der Waals surface area contributed by atoms with Crippen LogP contribution in [0.15, 0.2) is 42.5 Å². The third kappa shape index (κ3) is 2.61. The Morgan fingerprint density at radius 3 is 2.48 bits per heavy atom. The number of nitrogens with zero attached hydrogens (tertiary/aromatic N) is 3. The quantitative estimate of drug-likeness (QED) is 0.721. The molecule has 3 fully saturated rings. The van der Waals surface area contributed by atoms with Crippen molar-refractivity contribution in [3.8, 4) is 5.75 Å². The van der Waals surface area contributed by atoms with E-state index in [-0.39, 0.29) is 28.6 Å². The zero-order valence-electron chi connectivity index (χ0n) is 15.7. The van der Waals surface area contributed by atoms with E-state index in [0.29, 0.717) is 12.3 Å². The molecule has 8 heteroatoms. The second kappa shape index (κ2) is 6.79. The molecule has 2 aromatic rings. The Balaban J connectivity index is 1.60. The van der Waals surface area contributed by atoms with Crippen LogP contribution in [0.1, 0.15) is 18.0 Å². The summed E-state index contributed by atoms with van der Waals surface area (Å²) in [5.41, 5.74) is 1.08. The number of methoxy groups -OCH3 is 1. The van der Waals surface area contributed by atoms with Crippen LogP contribution in [-0.2, 0) is 9.59 Å². The molecule has 0 radical (unpaired) electrons. The topological polar surface area (TPSA) is 53.1 Å². The lowest BCUT2D eigenvalue weighted by molar-refractivity contribution is -0.126. The number of hydrogen-bond donors (Lipinski definition) is 0. The van der Waals surface area contributed by atoms with Crippen LogP contribution in [-0.4, -0.2) is 48.1 Å². The van der Waals surface area contributed by atoms with E-state index >= 15 is 0 Å². The van der Waals surface area contributed by atoms with Gasteiger partial charge in [-0.25, -0.2) is 19.3 Å². The minimum atomic E-state index is -0.661. The molecule has 6 nitrogen and oxygen atoms in total. The van der Waals surface area contributed by atoms with E-state index in [4.69, 9.17) is 16.3 Å². The second-order valence-electron chi connectivity index (χ2n) is 7.45. The molecule has 2 amide bonds. The molecule has 2 aromatic carbocycles. The predicted molar refractivity (Wildman–Crippen MR) is 105 cm³/mol. The van der Waals surface area contributed by atoms with E-state index in [1.807, 2.05) is 29.3 Å². The van der Waals surface area contributed by atoms with Crippen molar-refractivity contribution in [2.45, 2.75) is 18.5 Å². The van der Waals surface area contributed by atoms with Crippen molar-refractivity contribution in [3.05, 3.63) is 58.9 Å². The number of hydrazine groups is 1. The van der Waals surface area contributed by atoms with Gasteiger partial charge >= 0.3 is 0 Å². The van der Waals surface area contributed by atoms with Gasteiger partial charge in [-0.05, 0) is 30.7 Å². The number of para-hydroxylation sites is 1. The van der Waals surface area contributed by atoms with E-state index in [9.17, 15) is 14.0 Å². The van der Waals surface area contributed by atoms with Crippen LogP contribution in [0.4, 0.5) is 10.1 Å². The first kappa shape index (κ1) is 18.5. The van der Waals surface area contributed by atoms with Gasteiger partial charge in [-0.15, -0.1) is 0 Å². The summed E-state index contributed by atoms with van der Waals surface area (Å²) in [7, 11) is 1.59. The molecule has 0 aliphatic carbocycles. The van der Waals surface area contributed by atoms with Crippen LogP contribution in [0.5, 0.6) is 5.75 Å². The van der Waals surface area contributed by atoms with E-state index in [2.05, 4.69) is 5.01 Å². The van der Waals surface area contributed by atoms with E-state index in [1.54, 1.807) is 7.11 Å². The van der Waals surface area contributed by atoms with Crippen molar-refractivity contribution < 1.29 is 18.7 Å². The Morgan fingerprint density at radius 2 is 1.76 bits per heavy atom. The van der Waals surface area contributed by atoms with Crippen LogP contribution in [0.3, 0.4) is 0 Å². The van der Waals surface area contributed by atoms with Gasteiger partial charge in [0.15, 0.2) is 0 Å². The second-order valence-corrected chi connectivity index (χ2v) is 7.85. The Bertz CT molecular complexity index is 1020. The van der Waals surface area contributed by atoms with Gasteiger partial charge in [-0.3, -0.25) is 9.59 Å². The van der Waals surface area contributed by atoms with Gasteiger partial charge in [0.2, 0.25) is 5.91 Å². The van der Waals surface area contributed by atoms with Gasteiger partial charge in [0.25, 0.3) is 5.91 Å². The highest BCUT2D eigenvalue weighted by atomic mass is 35.5. The highest BCUT2D eigenvalue weighted by Gasteiger charge is 2.63. The lowest BCUT2D eigenvalue weighted by Crippen LogP contribution is -2.44. The first-order valence-corrected chi connectivity index (χ1v) is 9.89. The van der Waals surface area contributed by atoms with Crippen LogP contribution >= 0.6 is 11.6 Å². The Labute approximate surface area is 172 Å². The maximum atomic E-state index is 14.0. The average Bonchev–Trinajstić information content (AvgIpc) is 3.36. The molecule has 0 spiro atoms. The Kier molecular flexibility index (Phi) is 4.34. The molecule has 5 rings (SSSR count). The lowest BCUT2D eigenvalue weighted by atomic mass is 9.89. The average molecular weight is 416 g/mol. The number of amides is 2. The molecule has 3 saturated heterocycles. The summed E-state index contributed by atoms with van der Waals surface area (Å²) in [6, 6.07) is 10.7. The number of benzene rings is 2. The summed E-state index contributed by atoms with van der Waals surface area (Å²) < 4.78 is 19.6. The van der Waals surface area contributed by atoms with E-state index < -0.39 is 17.8 Å². The third-order valence-electron chi connectivity index (χ3n) is 6.02. The standard InChI is InChI=1S/C21H19ClFN3O3/c1-29-16-6-3-2-5-13(16)18-17-19(25-10-4-9-24(18)25)21(28)26(20(17)27)12-7-8-14(22)15(23)11-12/h2-3,5-8,11,17-19H,4,9-10H2,1H3/t17-,18+,19-/m0/s1. The van der Waals surface area contributed by atoms with E-state index in [1.165, 1.54) is 12.1 Å². The number of ether oxygens (including phenoxy) is 1. The van der Waals surface area contributed by atoms with Crippen molar-refractivity contribution in [1.82, 2.24) is 10.0 Å². The van der Waals surface area contributed by atoms with Gasteiger partial charge in [-0.2, -0.15) is 0 Å². The van der Waals surface area contributed by atoms with Crippen LogP contribution in [0, 0.1) is 11.7 Å². The molecular weight excluding hydrogens is 397 g/mol. The summed E-state index contributed by atoms with van der Waals surface area (Å²) in [6.45, 7) is 1.47. The molecule has 3 aliphatic heterocycles. The predicted octanol–water partition coefficient (Wildman–Crippen LogP) is 3.02. The number of carbonyl (C=O) groups is 2. The molecule has 3 heterocycles. The fraction of sp³-hybridized carbons (Fsp3) is 0.333. The zero-order valence-corrected chi connectivity index (χ0v) is 16.5. The summed E-state index contributed by atoms with van der Waals surface area (Å²) in [5, 5.41) is 4.06. The third-order valence-corrected chi connectivity index (χ3v) is 6.33. The fourth-order valence-electron chi connectivity index (χ4n) is 4.88. The Hall–Kier alpha value is -2.48. The lowest BCUT2D eigenvalue weighted by Gasteiger charge is -2.30. The van der Waals surface area contributed by atoms with E-state index in [0.717, 1.165) is 29.5 Å². The summed E-state index contributed by atoms with van der Waals surface area (Å²) in [4.78, 5) is 27.9. The van der Waals surface area contributed by atoms with Gasteiger partial charge in [0, 0.05) is 18.7 Å². The normalized spacial score (nSPS) is 26.9.